The molecule has 0 aliphatic heterocycles. The van der Waals surface area contributed by atoms with E-state index in [1.165, 1.54) is 0 Å². The summed E-state index contributed by atoms with van der Waals surface area (Å²) >= 11 is 0. The number of imidazole rings is 1. The second kappa shape index (κ2) is 2.59. The molecule has 0 aromatic carbocycles. The molecule has 0 radical (unpaired) electrons. The van der Waals surface area contributed by atoms with Crippen molar-refractivity contribution in [2.24, 2.45) is 0 Å². The summed E-state index contributed by atoms with van der Waals surface area (Å²) in [6, 6.07) is 3.85. The Kier molecular flexibility index (Phi) is 1.57. The normalized spacial score (nSPS) is 11.2. The van der Waals surface area contributed by atoms with Gasteiger partial charge < -0.3 is 0 Å². The van der Waals surface area contributed by atoms with Gasteiger partial charge in [-0.3, -0.25) is 0 Å². The van der Waals surface area contributed by atoms with Crippen molar-refractivity contribution >= 4 is 5.65 Å². The van der Waals surface area contributed by atoms with E-state index >= 15 is 0 Å². The highest BCUT2D eigenvalue weighted by Gasteiger charge is 2.04. The fourth-order valence-electron chi connectivity index (χ4n) is 1.13. The highest BCUT2D eigenvalue weighted by Crippen LogP contribution is 2.12. The van der Waals surface area contributed by atoms with E-state index in [2.05, 4.69) is 23.9 Å². The van der Waals surface area contributed by atoms with Gasteiger partial charge >= 0.3 is 0 Å². The number of aromatic nitrogens is 3. The van der Waals surface area contributed by atoms with Crippen LogP contribution in [0.15, 0.2) is 24.5 Å². The molecule has 0 atom stereocenters. The van der Waals surface area contributed by atoms with Crippen LogP contribution in [0.4, 0.5) is 0 Å². The van der Waals surface area contributed by atoms with Crippen LogP contribution in [-0.2, 0) is 0 Å². The Labute approximate surface area is 71.1 Å². The number of rotatable bonds is 1. The van der Waals surface area contributed by atoms with Crippen LogP contribution in [0.25, 0.3) is 5.65 Å². The maximum Gasteiger partial charge on any atom is 0.153 e. The largest absolute Gasteiger partial charge is 0.232 e. The van der Waals surface area contributed by atoms with Crippen molar-refractivity contribution in [2.75, 3.05) is 0 Å². The quantitative estimate of drug-likeness (QED) is 0.639. The Morgan fingerprint density at radius 1 is 1.42 bits per heavy atom. The zero-order valence-electron chi connectivity index (χ0n) is 7.23. The third kappa shape index (κ3) is 1.07. The topological polar surface area (TPSA) is 30.2 Å². The first-order valence-corrected chi connectivity index (χ1v) is 4.07. The summed E-state index contributed by atoms with van der Waals surface area (Å²) in [5, 5.41) is 4.14. The van der Waals surface area contributed by atoms with Gasteiger partial charge in [0.2, 0.25) is 0 Å². The highest BCUT2D eigenvalue weighted by molar-refractivity contribution is 5.37. The lowest BCUT2D eigenvalue weighted by Gasteiger charge is -1.94. The zero-order chi connectivity index (χ0) is 8.55. The Morgan fingerprint density at radius 2 is 2.25 bits per heavy atom. The highest BCUT2D eigenvalue weighted by atomic mass is 15.2. The summed E-state index contributed by atoms with van der Waals surface area (Å²) in [7, 11) is 0. The second-order valence-corrected chi connectivity index (χ2v) is 3.15. The van der Waals surface area contributed by atoms with Gasteiger partial charge in [0.15, 0.2) is 5.65 Å². The van der Waals surface area contributed by atoms with Gasteiger partial charge in [0, 0.05) is 6.20 Å². The van der Waals surface area contributed by atoms with Gasteiger partial charge in [0.1, 0.15) is 0 Å². The smallest absolute Gasteiger partial charge is 0.153 e. The van der Waals surface area contributed by atoms with Crippen LogP contribution < -0.4 is 0 Å². The minimum Gasteiger partial charge on any atom is -0.232 e. The summed E-state index contributed by atoms with van der Waals surface area (Å²) in [5.74, 6) is 0.465. The predicted octanol–water partition coefficient (Wildman–Crippen LogP) is 1.85. The van der Waals surface area contributed by atoms with Crippen LogP contribution in [0.3, 0.4) is 0 Å². The van der Waals surface area contributed by atoms with Crippen molar-refractivity contribution in [1.29, 1.82) is 0 Å². The Balaban J connectivity index is 2.62. The molecule has 0 aliphatic rings. The van der Waals surface area contributed by atoms with Crippen LogP contribution in [0.2, 0.25) is 0 Å². The van der Waals surface area contributed by atoms with Gasteiger partial charge in [-0.1, -0.05) is 13.8 Å². The van der Waals surface area contributed by atoms with Crippen molar-refractivity contribution in [3.63, 3.8) is 0 Å². The fourth-order valence-corrected chi connectivity index (χ4v) is 1.13. The SMILES string of the molecule is CC(C)c1cn2ncccc2n1. The molecule has 0 spiro atoms. The van der Waals surface area contributed by atoms with Gasteiger partial charge in [-0.15, -0.1) is 0 Å². The van der Waals surface area contributed by atoms with Crippen molar-refractivity contribution in [2.45, 2.75) is 19.8 Å². The van der Waals surface area contributed by atoms with Gasteiger partial charge in [-0.05, 0) is 18.1 Å². The number of hydrogen-bond donors (Lipinski definition) is 0. The van der Waals surface area contributed by atoms with Crippen molar-refractivity contribution < 1.29 is 0 Å². The second-order valence-electron chi connectivity index (χ2n) is 3.15. The molecule has 0 unspecified atom stereocenters. The summed E-state index contributed by atoms with van der Waals surface area (Å²) in [6.45, 7) is 4.25. The maximum atomic E-state index is 4.41. The average Bonchev–Trinajstić information content (AvgIpc) is 2.46. The van der Waals surface area contributed by atoms with E-state index in [0.29, 0.717) is 5.92 Å². The molecule has 3 nitrogen and oxygen atoms in total. The van der Waals surface area contributed by atoms with Crippen LogP contribution in [-0.4, -0.2) is 14.6 Å². The number of hydrogen-bond acceptors (Lipinski definition) is 2. The zero-order valence-corrected chi connectivity index (χ0v) is 7.23. The molecule has 2 rings (SSSR count). The molecule has 2 heterocycles. The van der Waals surface area contributed by atoms with Gasteiger partial charge in [-0.25, -0.2) is 9.50 Å². The summed E-state index contributed by atoms with van der Waals surface area (Å²) in [5.41, 5.74) is 2.01. The maximum absolute atomic E-state index is 4.41. The lowest BCUT2D eigenvalue weighted by atomic mass is 10.2. The van der Waals surface area contributed by atoms with Crippen LogP contribution in [0.5, 0.6) is 0 Å². The molecule has 0 aliphatic carbocycles. The van der Waals surface area contributed by atoms with E-state index in [1.807, 2.05) is 18.3 Å². The van der Waals surface area contributed by atoms with E-state index in [9.17, 15) is 0 Å². The summed E-state index contributed by atoms with van der Waals surface area (Å²) in [4.78, 5) is 4.41. The molecule has 2 aromatic rings. The Bertz CT molecular complexity index is 356. The number of nitrogens with zero attached hydrogens (tertiary/aromatic N) is 3. The van der Waals surface area contributed by atoms with E-state index in [1.54, 1.807) is 10.7 Å². The minimum atomic E-state index is 0.465. The van der Waals surface area contributed by atoms with Gasteiger partial charge in [0.05, 0.1) is 11.9 Å². The third-order valence-corrected chi connectivity index (χ3v) is 1.85. The van der Waals surface area contributed by atoms with Gasteiger partial charge in [0.25, 0.3) is 0 Å². The molecular formula is C9H11N3. The molecule has 0 saturated heterocycles. The number of fused-ring (bicyclic) bond motifs is 1. The van der Waals surface area contributed by atoms with Gasteiger partial charge in [-0.2, -0.15) is 5.10 Å². The molecule has 62 valence electrons. The first kappa shape index (κ1) is 7.28. The lowest BCUT2D eigenvalue weighted by molar-refractivity contribution is 0.829. The van der Waals surface area contributed by atoms with E-state index < -0.39 is 0 Å². The van der Waals surface area contributed by atoms with Crippen LogP contribution in [0, 0.1) is 0 Å². The van der Waals surface area contributed by atoms with Crippen molar-refractivity contribution in [1.82, 2.24) is 14.6 Å². The molecule has 0 saturated carbocycles. The fraction of sp³-hybridized carbons (Fsp3) is 0.333. The van der Waals surface area contributed by atoms with Crippen LogP contribution in [0.1, 0.15) is 25.5 Å². The first-order chi connectivity index (χ1) is 5.77. The van der Waals surface area contributed by atoms with Crippen molar-refractivity contribution in [3.05, 3.63) is 30.2 Å². The Hall–Kier alpha value is -1.38. The third-order valence-electron chi connectivity index (χ3n) is 1.85. The van der Waals surface area contributed by atoms with E-state index in [-0.39, 0.29) is 0 Å². The standard InChI is InChI=1S/C9H11N3/c1-7(2)8-6-12-9(11-8)4-3-5-10-12/h3-7H,1-2H3. The first-order valence-electron chi connectivity index (χ1n) is 4.07. The predicted molar refractivity (Wildman–Crippen MR) is 47.1 cm³/mol. The van der Waals surface area contributed by atoms with Crippen LogP contribution >= 0.6 is 0 Å². The summed E-state index contributed by atoms with van der Waals surface area (Å²) < 4.78 is 1.80. The molecule has 0 fully saturated rings. The molecular weight excluding hydrogens is 150 g/mol. The molecule has 2 aromatic heterocycles. The minimum absolute atomic E-state index is 0.465. The molecule has 0 amide bonds. The monoisotopic (exact) mass is 161 g/mol. The Morgan fingerprint density at radius 3 is 2.92 bits per heavy atom. The van der Waals surface area contributed by atoms with E-state index in [0.717, 1.165) is 11.3 Å². The molecule has 0 N–H and O–H groups in total. The lowest BCUT2D eigenvalue weighted by Crippen LogP contribution is -1.86. The average molecular weight is 161 g/mol. The van der Waals surface area contributed by atoms with Crippen molar-refractivity contribution in [3.8, 4) is 0 Å². The molecule has 3 heteroatoms. The molecule has 12 heavy (non-hydrogen) atoms. The summed E-state index contributed by atoms with van der Waals surface area (Å²) in [6.07, 6.45) is 3.73. The van der Waals surface area contributed by atoms with E-state index in [4.69, 9.17) is 0 Å². The molecule has 0 bridgehead atoms.